The van der Waals surface area contributed by atoms with Crippen LogP contribution in [0.4, 0.5) is 19.0 Å². The van der Waals surface area contributed by atoms with Crippen LogP contribution in [0.5, 0.6) is 0 Å². The molecule has 0 fully saturated rings. The lowest BCUT2D eigenvalue weighted by atomic mass is 9.85. The maximum absolute atomic E-state index is 13.3. The number of hydrogen-bond donors (Lipinski definition) is 3. The van der Waals surface area contributed by atoms with Gasteiger partial charge in [0.05, 0.1) is 17.7 Å². The predicted molar refractivity (Wildman–Crippen MR) is 74.9 cm³/mol. The van der Waals surface area contributed by atoms with Crippen molar-refractivity contribution in [3.63, 3.8) is 0 Å². The number of aliphatic hydroxyl groups is 1. The molecular formula is C13H9BrF3N3O2. The van der Waals surface area contributed by atoms with Crippen molar-refractivity contribution in [2.75, 3.05) is 5.32 Å². The summed E-state index contributed by atoms with van der Waals surface area (Å²) in [6.07, 6.45) is -6.12. The lowest BCUT2D eigenvalue weighted by molar-refractivity contribution is -0.267. The van der Waals surface area contributed by atoms with E-state index in [9.17, 15) is 23.1 Å². The number of H-pyrrole nitrogens is 1. The third-order valence-electron chi connectivity index (χ3n) is 3.44. The number of amides is 1. The number of benzene rings is 1. The van der Waals surface area contributed by atoms with E-state index in [0.29, 0.717) is 10.0 Å². The van der Waals surface area contributed by atoms with Crippen LogP contribution in [0.15, 0.2) is 28.7 Å². The second kappa shape index (κ2) is 4.82. The van der Waals surface area contributed by atoms with Gasteiger partial charge in [0.15, 0.2) is 11.4 Å². The molecule has 1 aliphatic rings. The monoisotopic (exact) mass is 375 g/mol. The fraction of sp³-hybridized carbons (Fsp3) is 0.231. The van der Waals surface area contributed by atoms with Crippen LogP contribution in [0.2, 0.25) is 0 Å². The molecule has 2 heterocycles. The highest BCUT2D eigenvalue weighted by Crippen LogP contribution is 2.49. The number of aromatic nitrogens is 2. The summed E-state index contributed by atoms with van der Waals surface area (Å²) in [6.45, 7) is 0. The first-order chi connectivity index (χ1) is 10.2. The summed E-state index contributed by atoms with van der Waals surface area (Å²) >= 11 is 3.23. The summed E-state index contributed by atoms with van der Waals surface area (Å²) in [5.74, 6) is -1.26. The van der Waals surface area contributed by atoms with Gasteiger partial charge in [0.2, 0.25) is 5.91 Å². The molecule has 2 aromatic rings. The van der Waals surface area contributed by atoms with Crippen molar-refractivity contribution in [3.8, 4) is 11.3 Å². The van der Waals surface area contributed by atoms with Crippen molar-refractivity contribution in [2.45, 2.75) is 18.2 Å². The van der Waals surface area contributed by atoms with Crippen molar-refractivity contribution < 1.29 is 23.1 Å². The number of halogens is 4. The number of carbonyl (C=O) groups is 1. The average Bonchev–Trinajstić information content (AvgIpc) is 2.81. The Balaban J connectivity index is 2.25. The molecule has 22 heavy (non-hydrogen) atoms. The summed E-state index contributed by atoms with van der Waals surface area (Å²) in [5, 5.41) is 18.6. The summed E-state index contributed by atoms with van der Waals surface area (Å²) in [4.78, 5) is 11.5. The van der Waals surface area contributed by atoms with Crippen molar-refractivity contribution in [2.24, 2.45) is 0 Å². The SMILES string of the molecule is O=C1CC(O)(C(F)(F)F)c2c(n[nH]c2-c2cccc(Br)c2)N1. The highest BCUT2D eigenvalue weighted by molar-refractivity contribution is 9.10. The molecule has 0 saturated heterocycles. The van der Waals surface area contributed by atoms with E-state index in [1.54, 1.807) is 24.3 Å². The number of nitrogens with zero attached hydrogens (tertiary/aromatic N) is 1. The topological polar surface area (TPSA) is 78.0 Å². The molecule has 0 saturated carbocycles. The van der Waals surface area contributed by atoms with Crippen LogP contribution in [-0.2, 0) is 10.4 Å². The third-order valence-corrected chi connectivity index (χ3v) is 3.93. The normalized spacial score (nSPS) is 21.4. The van der Waals surface area contributed by atoms with Gasteiger partial charge in [-0.1, -0.05) is 28.1 Å². The Kier molecular flexibility index (Phi) is 3.29. The van der Waals surface area contributed by atoms with E-state index < -0.39 is 29.7 Å². The summed E-state index contributed by atoms with van der Waals surface area (Å²) in [7, 11) is 0. The zero-order chi connectivity index (χ0) is 16.1. The maximum Gasteiger partial charge on any atom is 0.422 e. The van der Waals surface area contributed by atoms with Crippen molar-refractivity contribution in [1.29, 1.82) is 0 Å². The highest BCUT2D eigenvalue weighted by atomic mass is 79.9. The van der Waals surface area contributed by atoms with Crippen LogP contribution >= 0.6 is 15.9 Å². The van der Waals surface area contributed by atoms with E-state index in [4.69, 9.17) is 0 Å². The van der Waals surface area contributed by atoms with Gasteiger partial charge in [-0.3, -0.25) is 9.89 Å². The Morgan fingerprint density at radius 3 is 2.73 bits per heavy atom. The minimum atomic E-state index is -5.01. The summed E-state index contributed by atoms with van der Waals surface area (Å²) in [6, 6.07) is 6.51. The molecule has 1 unspecified atom stereocenters. The fourth-order valence-corrected chi connectivity index (χ4v) is 2.83. The van der Waals surface area contributed by atoms with Crippen LogP contribution in [0.25, 0.3) is 11.3 Å². The molecule has 1 aliphatic heterocycles. The molecule has 0 spiro atoms. The zero-order valence-corrected chi connectivity index (χ0v) is 12.4. The summed E-state index contributed by atoms with van der Waals surface area (Å²) < 4.78 is 40.7. The van der Waals surface area contributed by atoms with Crippen LogP contribution in [0.3, 0.4) is 0 Å². The Morgan fingerprint density at radius 2 is 2.09 bits per heavy atom. The summed E-state index contributed by atoms with van der Waals surface area (Å²) in [5.41, 5.74) is -3.34. The number of rotatable bonds is 1. The van der Waals surface area contributed by atoms with E-state index in [1.807, 2.05) is 0 Å². The molecule has 0 aliphatic carbocycles. The Morgan fingerprint density at radius 1 is 1.36 bits per heavy atom. The van der Waals surface area contributed by atoms with Crippen molar-refractivity contribution in [1.82, 2.24) is 10.2 Å². The first kappa shape index (κ1) is 15.0. The van der Waals surface area contributed by atoms with Gasteiger partial charge < -0.3 is 10.4 Å². The van der Waals surface area contributed by atoms with Crippen LogP contribution in [0, 0.1) is 0 Å². The predicted octanol–water partition coefficient (Wildman–Crippen LogP) is 2.93. The molecule has 5 nitrogen and oxygen atoms in total. The Hall–Kier alpha value is -1.87. The van der Waals surface area contributed by atoms with Gasteiger partial charge in [-0.2, -0.15) is 18.3 Å². The number of nitrogens with one attached hydrogen (secondary N) is 2. The molecule has 1 aromatic heterocycles. The first-order valence-corrected chi connectivity index (χ1v) is 6.95. The molecule has 1 amide bonds. The zero-order valence-electron chi connectivity index (χ0n) is 10.8. The third kappa shape index (κ3) is 2.20. The largest absolute Gasteiger partial charge is 0.422 e. The maximum atomic E-state index is 13.3. The van der Waals surface area contributed by atoms with E-state index in [0.717, 1.165) is 0 Å². The molecule has 1 aromatic carbocycles. The van der Waals surface area contributed by atoms with E-state index in [1.165, 1.54) is 0 Å². The molecule has 9 heteroatoms. The Labute approximate surface area is 130 Å². The van der Waals surface area contributed by atoms with Crippen LogP contribution in [0.1, 0.15) is 12.0 Å². The van der Waals surface area contributed by atoms with Crippen LogP contribution in [-0.4, -0.2) is 27.4 Å². The number of fused-ring (bicyclic) bond motifs is 1. The molecule has 3 N–H and O–H groups in total. The second-order valence-electron chi connectivity index (χ2n) is 4.92. The number of aromatic amines is 1. The van der Waals surface area contributed by atoms with Crippen molar-refractivity contribution >= 4 is 27.7 Å². The van der Waals surface area contributed by atoms with Gasteiger partial charge in [-0.05, 0) is 12.1 Å². The van der Waals surface area contributed by atoms with Crippen LogP contribution < -0.4 is 5.32 Å². The fourth-order valence-electron chi connectivity index (χ4n) is 2.43. The van der Waals surface area contributed by atoms with Crippen molar-refractivity contribution in [3.05, 3.63) is 34.3 Å². The van der Waals surface area contributed by atoms with Gasteiger partial charge in [-0.15, -0.1) is 0 Å². The highest BCUT2D eigenvalue weighted by Gasteiger charge is 2.60. The molecule has 0 bridgehead atoms. The minimum absolute atomic E-state index is 0.0103. The minimum Gasteiger partial charge on any atom is -0.376 e. The van der Waals surface area contributed by atoms with Gasteiger partial charge in [-0.25, -0.2) is 0 Å². The quantitative estimate of drug-likeness (QED) is 0.716. The lowest BCUT2D eigenvalue weighted by Gasteiger charge is -2.33. The molecule has 0 radical (unpaired) electrons. The standard InChI is InChI=1S/C13H9BrF3N3O2/c14-7-3-1-2-6(4-7)10-9-11(20-19-10)18-8(21)5-12(9,22)13(15,16)17/h1-4,22H,5H2,(H2,18,19,20,21). The van der Waals surface area contributed by atoms with E-state index in [-0.39, 0.29) is 11.5 Å². The Bertz CT molecular complexity index is 759. The van der Waals surface area contributed by atoms with E-state index >= 15 is 0 Å². The second-order valence-corrected chi connectivity index (χ2v) is 5.83. The first-order valence-electron chi connectivity index (χ1n) is 6.16. The van der Waals surface area contributed by atoms with Gasteiger partial charge in [0, 0.05) is 10.0 Å². The molecule has 1 atom stereocenters. The number of alkyl halides is 3. The van der Waals surface area contributed by atoms with E-state index in [2.05, 4.69) is 31.4 Å². The van der Waals surface area contributed by atoms with Gasteiger partial charge in [0.25, 0.3) is 0 Å². The van der Waals surface area contributed by atoms with Gasteiger partial charge in [0.1, 0.15) is 0 Å². The molecular weight excluding hydrogens is 367 g/mol. The average molecular weight is 376 g/mol. The number of carbonyl (C=O) groups excluding carboxylic acids is 1. The smallest absolute Gasteiger partial charge is 0.376 e. The lowest BCUT2D eigenvalue weighted by Crippen LogP contribution is -2.48. The van der Waals surface area contributed by atoms with Gasteiger partial charge >= 0.3 is 6.18 Å². The number of hydrogen-bond acceptors (Lipinski definition) is 3. The molecule has 116 valence electrons. The number of anilines is 1. The molecule has 3 rings (SSSR count).